The van der Waals surface area contributed by atoms with Gasteiger partial charge in [0.05, 0.1) is 29.4 Å². The molecule has 0 atom stereocenters. The number of aromatic nitrogens is 4. The quantitative estimate of drug-likeness (QED) is 0.207. The number of fused-ring (bicyclic) bond motifs is 2. The molecule has 0 spiro atoms. The van der Waals surface area contributed by atoms with Gasteiger partial charge in [0, 0.05) is 35.1 Å². The van der Waals surface area contributed by atoms with E-state index in [4.69, 9.17) is 4.74 Å². The summed E-state index contributed by atoms with van der Waals surface area (Å²) in [5, 5.41) is 4.01. The third-order valence-corrected chi connectivity index (χ3v) is 7.25. The summed E-state index contributed by atoms with van der Waals surface area (Å²) in [5.74, 6) is 1.29. The van der Waals surface area contributed by atoms with Gasteiger partial charge in [-0.25, -0.2) is 9.97 Å². The van der Waals surface area contributed by atoms with E-state index in [2.05, 4.69) is 67.3 Å². The highest BCUT2D eigenvalue weighted by molar-refractivity contribution is 5.94. The van der Waals surface area contributed by atoms with Gasteiger partial charge in [-0.2, -0.15) is 0 Å². The molecule has 1 aliphatic rings. The standard InChI is InChI=1S/C33H25N5O2/c39-31(35-17-18-40-28-6-2-1-3-7-28)24-10-8-23(9-11-24)26-20-36-32-37-21-30(38(32)22-26)33(14-15-33)27-12-13-29-25(19-27)5-4-16-34-29/h1-16,19-22H,17-18H2,(H,35,39). The van der Waals surface area contributed by atoms with E-state index >= 15 is 0 Å². The zero-order chi connectivity index (χ0) is 26.9. The van der Waals surface area contributed by atoms with Crippen LogP contribution in [-0.4, -0.2) is 38.4 Å². The predicted molar refractivity (Wildman–Crippen MR) is 154 cm³/mol. The van der Waals surface area contributed by atoms with Crippen molar-refractivity contribution >= 4 is 22.6 Å². The van der Waals surface area contributed by atoms with Crippen LogP contribution in [0.3, 0.4) is 0 Å². The van der Waals surface area contributed by atoms with Gasteiger partial charge < -0.3 is 10.1 Å². The molecule has 1 N–H and O–H groups in total. The average molecular weight is 524 g/mol. The first-order valence-corrected chi connectivity index (χ1v) is 13.2. The lowest BCUT2D eigenvalue weighted by molar-refractivity contribution is 0.0947. The molecule has 7 rings (SSSR count). The Morgan fingerprint density at radius 1 is 0.850 bits per heavy atom. The highest BCUT2D eigenvalue weighted by Crippen LogP contribution is 2.45. The number of rotatable bonds is 8. The number of para-hydroxylation sites is 1. The van der Waals surface area contributed by atoms with Gasteiger partial charge in [0.15, 0.2) is 0 Å². The first-order chi connectivity index (χ1) is 19.7. The van der Waals surface area contributed by atoms with Crippen molar-refractivity contribution in [2.75, 3.05) is 13.2 Å². The highest BCUT2D eigenvalue weighted by atomic mass is 16.5. The Bertz CT molecular complexity index is 1870. The molecule has 1 aliphatic carbocycles. The van der Waals surface area contributed by atoms with Gasteiger partial charge >= 0.3 is 0 Å². The summed E-state index contributed by atoms with van der Waals surface area (Å²) >= 11 is 0. The summed E-state index contributed by atoms with van der Waals surface area (Å²) in [7, 11) is 0. The van der Waals surface area contributed by atoms with Crippen LogP contribution in [0, 0.1) is 0 Å². The lowest BCUT2D eigenvalue weighted by Crippen LogP contribution is -2.28. The van der Waals surface area contributed by atoms with Gasteiger partial charge in [-0.1, -0.05) is 54.6 Å². The van der Waals surface area contributed by atoms with Crippen molar-refractivity contribution in [3.05, 3.63) is 139 Å². The van der Waals surface area contributed by atoms with Crippen molar-refractivity contribution in [3.63, 3.8) is 0 Å². The van der Waals surface area contributed by atoms with Crippen molar-refractivity contribution in [3.8, 4) is 16.9 Å². The predicted octanol–water partition coefficient (Wildman–Crippen LogP) is 5.61. The molecule has 0 unspecified atom stereocenters. The molecule has 0 radical (unpaired) electrons. The largest absolute Gasteiger partial charge is 0.492 e. The number of hydrogen-bond donors (Lipinski definition) is 1. The smallest absolute Gasteiger partial charge is 0.251 e. The zero-order valence-electron chi connectivity index (χ0n) is 21.6. The van der Waals surface area contributed by atoms with Gasteiger partial charge in [-0.15, -0.1) is 0 Å². The molecular formula is C33H25N5O2. The molecule has 40 heavy (non-hydrogen) atoms. The number of allylic oxidation sites excluding steroid dienone is 2. The van der Waals surface area contributed by atoms with Crippen LogP contribution in [0.1, 0.15) is 21.6 Å². The third kappa shape index (κ3) is 4.37. The summed E-state index contributed by atoms with van der Waals surface area (Å²) in [6, 6.07) is 27.5. The molecular weight excluding hydrogens is 498 g/mol. The Kier molecular flexibility index (Phi) is 5.82. The third-order valence-electron chi connectivity index (χ3n) is 7.25. The fourth-order valence-electron chi connectivity index (χ4n) is 5.02. The van der Waals surface area contributed by atoms with Crippen molar-refractivity contribution in [2.24, 2.45) is 0 Å². The Hall–Kier alpha value is -5.30. The molecule has 1 amide bonds. The fraction of sp³-hybridized carbons (Fsp3) is 0.0909. The minimum Gasteiger partial charge on any atom is -0.492 e. The summed E-state index contributed by atoms with van der Waals surface area (Å²) < 4.78 is 7.70. The zero-order valence-corrected chi connectivity index (χ0v) is 21.6. The lowest BCUT2D eigenvalue weighted by atomic mass is 9.89. The Balaban J connectivity index is 1.09. The van der Waals surface area contributed by atoms with Gasteiger partial charge in [0.2, 0.25) is 5.78 Å². The first kappa shape index (κ1) is 23.8. The van der Waals surface area contributed by atoms with Crippen LogP contribution in [0.2, 0.25) is 0 Å². The minimum atomic E-state index is -0.323. The Labute approximate surface area is 230 Å². The number of pyridine rings is 1. The number of hydrogen-bond acceptors (Lipinski definition) is 5. The Morgan fingerprint density at radius 3 is 2.50 bits per heavy atom. The van der Waals surface area contributed by atoms with E-state index in [0.717, 1.165) is 33.5 Å². The number of nitrogens with zero attached hydrogens (tertiary/aromatic N) is 4. The molecule has 0 bridgehead atoms. The second-order valence-corrected chi connectivity index (χ2v) is 9.76. The maximum atomic E-state index is 12.6. The van der Waals surface area contributed by atoms with Crippen molar-refractivity contribution in [2.45, 2.75) is 5.41 Å². The van der Waals surface area contributed by atoms with E-state index in [1.807, 2.05) is 79.3 Å². The molecule has 3 aromatic carbocycles. The SMILES string of the molecule is O=C(NCCOc1ccccc1)c1ccc(-c2cnc3ncc(C4(c5ccc6ncccc6c5)C=C4)n3c2)cc1. The maximum absolute atomic E-state index is 12.6. The van der Waals surface area contributed by atoms with E-state index < -0.39 is 0 Å². The second kappa shape index (κ2) is 9.78. The second-order valence-electron chi connectivity index (χ2n) is 9.76. The average Bonchev–Trinajstić information content (AvgIpc) is 3.71. The van der Waals surface area contributed by atoms with Crippen molar-refractivity contribution in [1.82, 2.24) is 24.7 Å². The van der Waals surface area contributed by atoms with Crippen LogP contribution in [0.15, 0.2) is 122 Å². The number of ether oxygens (including phenoxy) is 1. The van der Waals surface area contributed by atoms with E-state index in [1.54, 1.807) is 0 Å². The molecule has 194 valence electrons. The van der Waals surface area contributed by atoms with Crippen molar-refractivity contribution < 1.29 is 9.53 Å². The topological polar surface area (TPSA) is 81.4 Å². The van der Waals surface area contributed by atoms with Crippen LogP contribution in [-0.2, 0) is 5.41 Å². The summed E-state index contributed by atoms with van der Waals surface area (Å²) in [5.41, 5.74) is 5.35. The fourth-order valence-corrected chi connectivity index (χ4v) is 5.02. The number of carbonyl (C=O) groups is 1. The normalized spacial score (nSPS) is 13.4. The monoisotopic (exact) mass is 523 g/mol. The number of imidazole rings is 1. The molecule has 0 aliphatic heterocycles. The van der Waals surface area contributed by atoms with Gasteiger partial charge in [0.25, 0.3) is 5.91 Å². The molecule has 7 nitrogen and oxygen atoms in total. The lowest BCUT2D eigenvalue weighted by Gasteiger charge is -2.17. The number of benzene rings is 3. The molecule has 0 saturated carbocycles. The maximum Gasteiger partial charge on any atom is 0.251 e. The van der Waals surface area contributed by atoms with E-state index in [-0.39, 0.29) is 11.3 Å². The van der Waals surface area contributed by atoms with Crippen LogP contribution in [0.25, 0.3) is 27.8 Å². The van der Waals surface area contributed by atoms with Gasteiger partial charge in [0.1, 0.15) is 12.4 Å². The summed E-state index contributed by atoms with van der Waals surface area (Å²) in [6.45, 7) is 0.822. The summed E-state index contributed by atoms with van der Waals surface area (Å²) in [6.07, 6.45) is 12.0. The Morgan fingerprint density at radius 2 is 1.68 bits per heavy atom. The number of nitrogens with one attached hydrogen (secondary N) is 1. The van der Waals surface area contributed by atoms with E-state index in [9.17, 15) is 4.79 Å². The van der Waals surface area contributed by atoms with Gasteiger partial charge in [-0.05, 0) is 53.6 Å². The first-order valence-electron chi connectivity index (χ1n) is 13.2. The molecule has 0 saturated heterocycles. The molecule has 3 heterocycles. The van der Waals surface area contributed by atoms with E-state index in [1.165, 1.54) is 5.56 Å². The van der Waals surface area contributed by atoms with Crippen LogP contribution in [0.4, 0.5) is 0 Å². The van der Waals surface area contributed by atoms with Crippen molar-refractivity contribution in [1.29, 1.82) is 0 Å². The summed E-state index contributed by atoms with van der Waals surface area (Å²) in [4.78, 5) is 26.3. The van der Waals surface area contributed by atoms with Crippen LogP contribution < -0.4 is 10.1 Å². The molecule has 0 fully saturated rings. The minimum absolute atomic E-state index is 0.138. The van der Waals surface area contributed by atoms with Crippen LogP contribution in [0.5, 0.6) is 5.75 Å². The van der Waals surface area contributed by atoms with Crippen LogP contribution >= 0.6 is 0 Å². The highest BCUT2D eigenvalue weighted by Gasteiger charge is 2.41. The number of amides is 1. The molecule has 3 aromatic heterocycles. The van der Waals surface area contributed by atoms with Gasteiger partial charge in [-0.3, -0.25) is 14.2 Å². The number of carbonyl (C=O) groups excluding carboxylic acids is 1. The van der Waals surface area contributed by atoms with E-state index in [0.29, 0.717) is 24.5 Å². The molecule has 7 heteroatoms. The molecule has 6 aromatic rings.